The first-order chi connectivity index (χ1) is 8.46. The van der Waals surface area contributed by atoms with E-state index >= 15 is 0 Å². The molecular formula is C13H21ClN4. The molecule has 0 saturated heterocycles. The highest BCUT2D eigenvalue weighted by atomic mass is 35.5. The minimum atomic E-state index is -0.00220. The van der Waals surface area contributed by atoms with E-state index in [-0.39, 0.29) is 5.54 Å². The molecule has 2 aromatic heterocycles. The van der Waals surface area contributed by atoms with Crippen LogP contribution in [0.2, 0.25) is 0 Å². The van der Waals surface area contributed by atoms with Crippen molar-refractivity contribution < 1.29 is 0 Å². The summed E-state index contributed by atoms with van der Waals surface area (Å²) in [6.45, 7) is 8.71. The SMILES string of the molecule is CCc1nn(C)c2c1nc(CCl)n2C(C)(C)CC. The first kappa shape index (κ1) is 13.4. The molecule has 4 nitrogen and oxygen atoms in total. The molecule has 18 heavy (non-hydrogen) atoms. The van der Waals surface area contributed by atoms with Gasteiger partial charge in [0.25, 0.3) is 0 Å². The summed E-state index contributed by atoms with van der Waals surface area (Å²) in [5.74, 6) is 1.36. The van der Waals surface area contributed by atoms with Gasteiger partial charge in [-0.3, -0.25) is 4.68 Å². The molecule has 0 unspecified atom stereocenters. The van der Waals surface area contributed by atoms with Gasteiger partial charge in [0.15, 0.2) is 5.65 Å². The summed E-state index contributed by atoms with van der Waals surface area (Å²) in [6, 6.07) is 0. The molecule has 0 aliphatic heterocycles. The van der Waals surface area contributed by atoms with Gasteiger partial charge >= 0.3 is 0 Å². The van der Waals surface area contributed by atoms with Crippen LogP contribution in [0, 0.1) is 0 Å². The fraction of sp³-hybridized carbons (Fsp3) is 0.692. The van der Waals surface area contributed by atoms with Gasteiger partial charge in [0.05, 0.1) is 11.6 Å². The molecule has 0 aliphatic carbocycles. The molecule has 0 saturated carbocycles. The predicted octanol–water partition coefficient (Wildman–Crippen LogP) is 3.22. The standard InChI is InChI=1S/C13H21ClN4/c1-6-9-11-12(17(5)16-9)18(10(8-14)15-11)13(3,4)7-2/h6-8H2,1-5H3. The molecule has 0 fully saturated rings. The lowest BCUT2D eigenvalue weighted by Gasteiger charge is -2.27. The molecule has 0 aliphatic rings. The van der Waals surface area contributed by atoms with Crippen molar-refractivity contribution >= 4 is 22.8 Å². The van der Waals surface area contributed by atoms with E-state index in [0.29, 0.717) is 5.88 Å². The van der Waals surface area contributed by atoms with Crippen LogP contribution in [0.15, 0.2) is 0 Å². The first-order valence-electron chi connectivity index (χ1n) is 6.45. The van der Waals surface area contributed by atoms with Crippen LogP contribution >= 0.6 is 11.6 Å². The summed E-state index contributed by atoms with van der Waals surface area (Å²) in [4.78, 5) is 4.68. The lowest BCUT2D eigenvalue weighted by atomic mass is 10.0. The molecule has 0 atom stereocenters. The Morgan fingerprint density at radius 3 is 2.44 bits per heavy atom. The molecule has 0 radical (unpaired) electrons. The number of hydrogen-bond donors (Lipinski definition) is 0. The molecule has 2 heterocycles. The Morgan fingerprint density at radius 1 is 1.28 bits per heavy atom. The van der Waals surface area contributed by atoms with E-state index in [4.69, 9.17) is 11.6 Å². The van der Waals surface area contributed by atoms with E-state index < -0.39 is 0 Å². The van der Waals surface area contributed by atoms with Crippen LogP contribution in [0.1, 0.15) is 45.6 Å². The predicted molar refractivity (Wildman–Crippen MR) is 75.0 cm³/mol. The van der Waals surface area contributed by atoms with Crippen molar-refractivity contribution in [3.05, 3.63) is 11.5 Å². The average Bonchev–Trinajstić information content (AvgIpc) is 2.87. The molecule has 0 spiro atoms. The number of halogens is 1. The zero-order chi connectivity index (χ0) is 13.5. The van der Waals surface area contributed by atoms with Crippen LogP contribution in [0.5, 0.6) is 0 Å². The van der Waals surface area contributed by atoms with Crippen LogP contribution in [-0.2, 0) is 24.9 Å². The number of rotatable bonds is 4. The fourth-order valence-corrected chi connectivity index (χ4v) is 2.53. The number of nitrogens with zero attached hydrogens (tertiary/aromatic N) is 4. The van der Waals surface area contributed by atoms with Gasteiger partial charge < -0.3 is 4.57 Å². The van der Waals surface area contributed by atoms with Crippen molar-refractivity contribution in [1.82, 2.24) is 19.3 Å². The Hall–Kier alpha value is -1.03. The summed E-state index contributed by atoms with van der Waals surface area (Å²) in [7, 11) is 1.98. The third kappa shape index (κ3) is 1.83. The molecule has 2 aromatic rings. The summed E-state index contributed by atoms with van der Waals surface area (Å²) in [5, 5.41) is 4.54. The van der Waals surface area contributed by atoms with Crippen LogP contribution in [0.4, 0.5) is 0 Å². The summed E-state index contributed by atoms with van der Waals surface area (Å²) >= 11 is 6.06. The highest BCUT2D eigenvalue weighted by molar-refractivity contribution is 6.16. The Kier molecular flexibility index (Phi) is 3.41. The third-order valence-corrected chi connectivity index (χ3v) is 3.94. The Bertz CT molecular complexity index is 565. The zero-order valence-electron chi connectivity index (χ0n) is 11.8. The quantitative estimate of drug-likeness (QED) is 0.798. The smallest absolute Gasteiger partial charge is 0.159 e. The lowest BCUT2D eigenvalue weighted by Crippen LogP contribution is -2.27. The molecule has 0 bridgehead atoms. The van der Waals surface area contributed by atoms with Gasteiger partial charge in [-0.25, -0.2) is 4.98 Å². The molecule has 0 aromatic carbocycles. The zero-order valence-corrected chi connectivity index (χ0v) is 12.5. The summed E-state index contributed by atoms with van der Waals surface area (Å²) < 4.78 is 4.16. The maximum Gasteiger partial charge on any atom is 0.159 e. The Labute approximate surface area is 113 Å². The number of aromatic nitrogens is 4. The molecule has 100 valence electrons. The molecule has 0 N–H and O–H groups in total. The lowest BCUT2D eigenvalue weighted by molar-refractivity contribution is 0.339. The monoisotopic (exact) mass is 268 g/mol. The number of alkyl halides is 1. The van der Waals surface area contributed by atoms with E-state index in [1.54, 1.807) is 0 Å². The normalized spacial score (nSPS) is 12.6. The fourth-order valence-electron chi connectivity index (χ4n) is 2.35. The molecule has 5 heteroatoms. The third-order valence-electron chi connectivity index (χ3n) is 3.70. The number of imidazole rings is 1. The number of hydrogen-bond acceptors (Lipinski definition) is 2. The second-order valence-corrected chi connectivity index (χ2v) is 5.53. The first-order valence-corrected chi connectivity index (χ1v) is 6.99. The number of fused-ring (bicyclic) bond motifs is 1. The van der Waals surface area contributed by atoms with Gasteiger partial charge in [0.1, 0.15) is 11.3 Å². The Morgan fingerprint density at radius 2 is 1.94 bits per heavy atom. The Balaban J connectivity index is 2.81. The van der Waals surface area contributed by atoms with Crippen LogP contribution in [0.25, 0.3) is 11.2 Å². The highest BCUT2D eigenvalue weighted by Crippen LogP contribution is 2.30. The topological polar surface area (TPSA) is 35.6 Å². The van der Waals surface area contributed by atoms with E-state index in [2.05, 4.69) is 42.3 Å². The van der Waals surface area contributed by atoms with Crippen LogP contribution in [0.3, 0.4) is 0 Å². The van der Waals surface area contributed by atoms with E-state index in [1.165, 1.54) is 0 Å². The van der Waals surface area contributed by atoms with E-state index in [1.807, 2.05) is 11.7 Å². The average molecular weight is 269 g/mol. The van der Waals surface area contributed by atoms with Gasteiger partial charge in [-0.2, -0.15) is 5.10 Å². The van der Waals surface area contributed by atoms with Gasteiger partial charge in [-0.15, -0.1) is 11.6 Å². The maximum absolute atomic E-state index is 6.06. The van der Waals surface area contributed by atoms with E-state index in [0.717, 1.165) is 35.5 Å². The van der Waals surface area contributed by atoms with Gasteiger partial charge in [0, 0.05) is 12.6 Å². The van der Waals surface area contributed by atoms with Crippen molar-refractivity contribution in [1.29, 1.82) is 0 Å². The van der Waals surface area contributed by atoms with Crippen molar-refractivity contribution in [3.8, 4) is 0 Å². The van der Waals surface area contributed by atoms with Crippen molar-refractivity contribution in [2.24, 2.45) is 7.05 Å². The molecule has 2 rings (SSSR count). The van der Waals surface area contributed by atoms with Gasteiger partial charge in [-0.1, -0.05) is 13.8 Å². The van der Waals surface area contributed by atoms with Crippen molar-refractivity contribution in [3.63, 3.8) is 0 Å². The minimum absolute atomic E-state index is 0.00220. The highest BCUT2D eigenvalue weighted by Gasteiger charge is 2.27. The van der Waals surface area contributed by atoms with Crippen LogP contribution in [-0.4, -0.2) is 19.3 Å². The van der Waals surface area contributed by atoms with Crippen molar-refractivity contribution in [2.75, 3.05) is 0 Å². The maximum atomic E-state index is 6.06. The van der Waals surface area contributed by atoms with Crippen molar-refractivity contribution in [2.45, 2.75) is 52.0 Å². The van der Waals surface area contributed by atoms with E-state index in [9.17, 15) is 0 Å². The van der Waals surface area contributed by atoms with Gasteiger partial charge in [0.2, 0.25) is 0 Å². The largest absolute Gasteiger partial charge is 0.306 e. The molecule has 0 amide bonds. The second kappa shape index (κ2) is 4.57. The molecular weight excluding hydrogens is 248 g/mol. The van der Waals surface area contributed by atoms with Crippen LogP contribution < -0.4 is 0 Å². The summed E-state index contributed by atoms with van der Waals surface area (Å²) in [6.07, 6.45) is 1.91. The number of aryl methyl sites for hydroxylation is 2. The second-order valence-electron chi connectivity index (χ2n) is 5.26. The summed E-state index contributed by atoms with van der Waals surface area (Å²) in [5.41, 5.74) is 3.12. The van der Waals surface area contributed by atoms with Gasteiger partial charge in [-0.05, 0) is 26.7 Å². The minimum Gasteiger partial charge on any atom is -0.306 e.